The zero-order chi connectivity index (χ0) is 61.4. The Balaban J connectivity index is 0.676. The van der Waals surface area contributed by atoms with E-state index in [-0.39, 0.29) is 83.5 Å². The maximum atomic E-state index is 16.0. The number of likely N-dealkylation sites (tertiary alicyclic amines) is 4. The number of imidazole rings is 1. The number of imide groups is 2. The van der Waals surface area contributed by atoms with Crippen LogP contribution in [-0.2, 0) is 24.6 Å². The van der Waals surface area contributed by atoms with E-state index in [1.807, 2.05) is 59.1 Å². The molecular weight excluding hydrogens is 1120 g/mol. The van der Waals surface area contributed by atoms with Gasteiger partial charge < -0.3 is 45.0 Å². The molecule has 1 unspecified atom stereocenters. The Bertz CT molecular complexity index is 3680. The average molecular weight is 1200 g/mol. The number of fused-ring (bicyclic) bond motifs is 4. The van der Waals surface area contributed by atoms with Crippen molar-refractivity contribution in [3.8, 4) is 11.3 Å². The molecule has 462 valence electrons. The minimum absolute atomic E-state index is 0.000156. The fourth-order valence-electron chi connectivity index (χ4n) is 15.1. The van der Waals surface area contributed by atoms with Gasteiger partial charge in [0.15, 0.2) is 5.82 Å². The molecule has 22 heteroatoms. The summed E-state index contributed by atoms with van der Waals surface area (Å²) in [7, 11) is 0. The minimum Gasteiger partial charge on any atom is -0.382 e. The van der Waals surface area contributed by atoms with E-state index in [1.54, 1.807) is 31.5 Å². The van der Waals surface area contributed by atoms with E-state index in [1.165, 1.54) is 31.4 Å². The molecule has 5 aromatic rings. The summed E-state index contributed by atoms with van der Waals surface area (Å²) < 4.78 is 18.0. The van der Waals surface area contributed by atoms with Crippen LogP contribution in [0, 0.1) is 18.7 Å². The van der Waals surface area contributed by atoms with Crippen molar-refractivity contribution >= 4 is 81.3 Å². The van der Waals surface area contributed by atoms with Crippen LogP contribution in [-0.4, -0.2) is 169 Å². The molecule has 5 saturated heterocycles. The highest BCUT2D eigenvalue weighted by atomic mass is 19.1. The number of pyridine rings is 1. The van der Waals surface area contributed by atoms with Crippen molar-refractivity contribution in [3.63, 3.8) is 0 Å². The van der Waals surface area contributed by atoms with Gasteiger partial charge in [0.05, 0.1) is 39.8 Å². The summed E-state index contributed by atoms with van der Waals surface area (Å²) in [6, 6.07) is 15.1. The molecule has 6 fully saturated rings. The Labute approximate surface area is 511 Å². The van der Waals surface area contributed by atoms with Crippen molar-refractivity contribution in [1.82, 2.24) is 49.7 Å². The number of hydrogen-bond acceptors (Lipinski definition) is 13. The minimum atomic E-state index is -1.06. The number of carbonyl (C=O) groups is 8. The van der Waals surface area contributed by atoms with E-state index < -0.39 is 40.9 Å². The second-order valence-electron chi connectivity index (χ2n) is 26.2. The first kappa shape index (κ1) is 58.7. The van der Waals surface area contributed by atoms with Crippen LogP contribution >= 0.6 is 0 Å². The summed E-state index contributed by atoms with van der Waals surface area (Å²) >= 11 is 0. The number of aromatic nitrogens is 3. The molecule has 3 aromatic carbocycles. The zero-order valence-corrected chi connectivity index (χ0v) is 50.8. The number of amides is 9. The van der Waals surface area contributed by atoms with Crippen molar-refractivity contribution in [1.29, 1.82) is 0 Å². The Morgan fingerprint density at radius 3 is 2.16 bits per heavy atom. The summed E-state index contributed by atoms with van der Waals surface area (Å²) in [6.07, 6.45) is 10.5. The molecule has 9 amide bonds. The molecule has 9 heterocycles. The van der Waals surface area contributed by atoms with Crippen molar-refractivity contribution in [3.05, 3.63) is 94.6 Å². The lowest BCUT2D eigenvalue weighted by Gasteiger charge is -2.48. The van der Waals surface area contributed by atoms with Gasteiger partial charge in [-0.1, -0.05) is 24.6 Å². The number of rotatable bonds is 12. The largest absolute Gasteiger partial charge is 0.382 e. The number of carbonyl (C=O) groups excluding carboxylic acids is 8. The average Bonchev–Trinajstić information content (AvgIpc) is 1.57. The Kier molecular flexibility index (Phi) is 15.6. The third kappa shape index (κ3) is 10.5. The predicted octanol–water partition coefficient (Wildman–Crippen LogP) is 8.04. The topological polar surface area (TPSA) is 235 Å². The van der Waals surface area contributed by atoms with Gasteiger partial charge in [0.2, 0.25) is 23.6 Å². The van der Waals surface area contributed by atoms with Gasteiger partial charge in [-0.3, -0.25) is 43.8 Å². The molecule has 88 heavy (non-hydrogen) atoms. The van der Waals surface area contributed by atoms with Crippen molar-refractivity contribution < 1.29 is 42.7 Å². The van der Waals surface area contributed by atoms with Crippen LogP contribution in [0.15, 0.2) is 60.9 Å². The van der Waals surface area contributed by atoms with Crippen LogP contribution in [0.5, 0.6) is 0 Å². The lowest BCUT2D eigenvalue weighted by Crippen LogP contribution is -2.58. The normalized spacial score (nSPS) is 22.7. The first-order valence-electron chi connectivity index (χ1n) is 31.8. The quantitative estimate of drug-likeness (QED) is 0.0867. The molecular formula is C66H78FN13O8. The van der Waals surface area contributed by atoms with Crippen LogP contribution in [0.1, 0.15) is 159 Å². The third-order valence-electron chi connectivity index (χ3n) is 20.0. The smallest absolute Gasteiger partial charge is 0.320 e. The zero-order valence-electron chi connectivity index (χ0n) is 50.8. The second-order valence-corrected chi connectivity index (χ2v) is 26.2. The first-order chi connectivity index (χ1) is 42.3. The van der Waals surface area contributed by atoms with Gasteiger partial charge in [0, 0.05) is 104 Å². The standard InChI is InChI=1S/C66H78FN13O8/c1-37(2)69-59(82)46-34-51(48(67)30-39(46)5)72-58-57-52(68-36-78(57)38(3)4)35-50(71-58)41-12-13-47-54(31-41)79(44-32-43(33-44)74-22-7-6-8-23-74)64(87)66(47)20-28-75(29-21-66)61(84)40-16-24-76(25-17-40)65(88)77-26-18-42(19-27-77)70-49-11-9-10-45-56(49)63(86)80(62(45)85)53-14-15-55(81)73-60(53)83/h9-13,30-31,34-38,40,42-44,53,70H,6-8,14-29,32-33H2,1-5H3,(H,69,82)(H,71,72)(H,73,81,83)/t43-,44+,53?. The van der Waals surface area contributed by atoms with Gasteiger partial charge in [0.25, 0.3) is 17.7 Å². The van der Waals surface area contributed by atoms with Crippen LogP contribution in [0.25, 0.3) is 22.3 Å². The van der Waals surface area contributed by atoms with Gasteiger partial charge >= 0.3 is 6.03 Å². The highest BCUT2D eigenvalue weighted by Crippen LogP contribution is 2.53. The molecule has 4 N–H and O–H groups in total. The SMILES string of the molecule is Cc1cc(F)c(Nc2nc(-c3ccc4c(c3)N([C@H]3C[C@@H](N5CCCCC5)C3)C(=O)C43CCN(C(=O)C4CCN(C(=O)N5CCC(Nc6cccc7c6C(=O)N(C6CCC(=O)NC6=O)C7=O)CC5)CC4)CC3)cc3ncn(C(C)C)c23)cc1C(=O)NC(C)C. The molecule has 1 aliphatic carbocycles. The summed E-state index contributed by atoms with van der Waals surface area (Å²) in [5.41, 5.74) is 5.57. The summed E-state index contributed by atoms with van der Waals surface area (Å²) in [4.78, 5) is 130. The molecule has 7 aliphatic heterocycles. The third-order valence-corrected chi connectivity index (χ3v) is 20.0. The van der Waals surface area contributed by atoms with E-state index in [4.69, 9.17) is 9.97 Å². The maximum absolute atomic E-state index is 16.0. The lowest BCUT2D eigenvalue weighted by atomic mass is 9.73. The number of halogens is 1. The summed E-state index contributed by atoms with van der Waals surface area (Å²) in [6.45, 7) is 14.4. The van der Waals surface area contributed by atoms with Gasteiger partial charge in [-0.25, -0.2) is 19.2 Å². The van der Waals surface area contributed by atoms with Crippen molar-refractivity contribution in [2.24, 2.45) is 5.92 Å². The fraction of sp³-hybridized carbons (Fsp3) is 0.515. The van der Waals surface area contributed by atoms with E-state index in [2.05, 4.69) is 43.2 Å². The second kappa shape index (κ2) is 23.4. The van der Waals surface area contributed by atoms with Crippen molar-refractivity contribution in [2.75, 3.05) is 67.9 Å². The van der Waals surface area contributed by atoms with Crippen LogP contribution in [0.3, 0.4) is 0 Å². The van der Waals surface area contributed by atoms with E-state index in [0.29, 0.717) is 123 Å². The molecule has 8 aliphatic rings. The number of benzene rings is 3. The van der Waals surface area contributed by atoms with Crippen LogP contribution in [0.2, 0.25) is 0 Å². The van der Waals surface area contributed by atoms with Crippen LogP contribution in [0.4, 0.5) is 32.1 Å². The van der Waals surface area contributed by atoms with Crippen molar-refractivity contribution in [2.45, 2.75) is 160 Å². The van der Waals surface area contributed by atoms with Gasteiger partial charge in [-0.05, 0) is 166 Å². The Hall–Kier alpha value is -8.27. The number of aryl methyl sites for hydroxylation is 1. The van der Waals surface area contributed by atoms with Gasteiger partial charge in [0.1, 0.15) is 17.4 Å². The number of piperidine rings is 5. The first-order valence-corrected chi connectivity index (χ1v) is 31.8. The lowest BCUT2D eigenvalue weighted by molar-refractivity contribution is -0.140. The molecule has 1 spiro atoms. The molecule has 13 rings (SSSR count). The number of nitrogens with zero attached hydrogens (tertiary/aromatic N) is 9. The molecule has 21 nitrogen and oxygen atoms in total. The van der Waals surface area contributed by atoms with E-state index in [0.717, 1.165) is 47.6 Å². The Morgan fingerprint density at radius 2 is 1.47 bits per heavy atom. The number of anilines is 4. The highest BCUT2D eigenvalue weighted by Gasteiger charge is 2.56. The predicted molar refractivity (Wildman–Crippen MR) is 329 cm³/mol. The summed E-state index contributed by atoms with van der Waals surface area (Å²) in [5.74, 6) is -2.79. The highest BCUT2D eigenvalue weighted by molar-refractivity contribution is 6.25. The van der Waals surface area contributed by atoms with Crippen LogP contribution < -0.4 is 26.2 Å². The molecule has 0 bridgehead atoms. The summed E-state index contributed by atoms with van der Waals surface area (Å²) in [5, 5.41) is 11.9. The maximum Gasteiger partial charge on any atom is 0.320 e. The Morgan fingerprint density at radius 1 is 0.750 bits per heavy atom. The monoisotopic (exact) mass is 1200 g/mol. The van der Waals surface area contributed by atoms with Gasteiger partial charge in [-0.15, -0.1) is 0 Å². The fourth-order valence-corrected chi connectivity index (χ4v) is 15.1. The number of urea groups is 1. The number of hydrogen-bond donors (Lipinski definition) is 4. The number of nitrogens with one attached hydrogen (secondary N) is 4. The van der Waals surface area contributed by atoms with E-state index >= 15 is 9.18 Å². The van der Waals surface area contributed by atoms with E-state index in [9.17, 15) is 33.6 Å². The molecule has 2 aromatic heterocycles. The molecule has 0 radical (unpaired) electrons. The van der Waals surface area contributed by atoms with Gasteiger partial charge in [-0.2, -0.15) is 0 Å². The molecule has 1 saturated carbocycles. The molecule has 1 atom stereocenters.